The molecule has 1 N–H and O–H groups in total. The van der Waals surface area contributed by atoms with Gasteiger partial charge in [-0.2, -0.15) is 0 Å². The molecule has 3 nitrogen and oxygen atoms in total. The maximum absolute atomic E-state index is 4.51. The van der Waals surface area contributed by atoms with E-state index in [4.69, 9.17) is 0 Å². The molecule has 2 heterocycles. The van der Waals surface area contributed by atoms with E-state index in [-0.39, 0.29) is 0 Å². The number of imidazole rings is 1. The summed E-state index contributed by atoms with van der Waals surface area (Å²) < 4.78 is 2.29. The smallest absolute Gasteiger partial charge is 0.126 e. The van der Waals surface area contributed by atoms with Crippen LogP contribution < -0.4 is 5.32 Å². The highest BCUT2D eigenvalue weighted by Crippen LogP contribution is 2.27. The number of hydrogen-bond acceptors (Lipinski definition) is 2. The summed E-state index contributed by atoms with van der Waals surface area (Å²) in [6, 6.07) is 0.459. The number of aromatic nitrogens is 2. The topological polar surface area (TPSA) is 29.9 Å². The summed E-state index contributed by atoms with van der Waals surface area (Å²) in [4.78, 5) is 4.51. The van der Waals surface area contributed by atoms with Gasteiger partial charge in [-0.1, -0.05) is 13.8 Å². The Morgan fingerprint density at radius 2 is 2.47 bits per heavy atom. The van der Waals surface area contributed by atoms with Crippen molar-refractivity contribution in [3.8, 4) is 0 Å². The molecule has 1 aliphatic rings. The molecule has 1 saturated heterocycles. The minimum absolute atomic E-state index is 0.459. The van der Waals surface area contributed by atoms with Gasteiger partial charge in [-0.05, 0) is 31.7 Å². The number of nitrogens with zero attached hydrogens (tertiary/aromatic N) is 2. The van der Waals surface area contributed by atoms with E-state index in [9.17, 15) is 0 Å². The number of nitrogens with one attached hydrogen (secondary N) is 1. The molecule has 1 aromatic rings. The van der Waals surface area contributed by atoms with Crippen LogP contribution in [0.25, 0.3) is 0 Å². The summed E-state index contributed by atoms with van der Waals surface area (Å²) in [7, 11) is 0. The third kappa shape index (κ3) is 2.23. The van der Waals surface area contributed by atoms with Crippen LogP contribution in [0.5, 0.6) is 0 Å². The summed E-state index contributed by atoms with van der Waals surface area (Å²) in [6.45, 7) is 6.75. The minimum atomic E-state index is 0.459. The van der Waals surface area contributed by atoms with Gasteiger partial charge in [-0.25, -0.2) is 4.98 Å². The third-order valence-electron chi connectivity index (χ3n) is 3.26. The predicted molar refractivity (Wildman–Crippen MR) is 61.7 cm³/mol. The van der Waals surface area contributed by atoms with Gasteiger partial charge in [0.25, 0.3) is 0 Å². The lowest BCUT2D eigenvalue weighted by Crippen LogP contribution is -2.34. The first-order valence-corrected chi connectivity index (χ1v) is 6.07. The lowest BCUT2D eigenvalue weighted by atomic mass is 9.92. The molecule has 3 heteroatoms. The van der Waals surface area contributed by atoms with Crippen molar-refractivity contribution in [1.82, 2.24) is 14.9 Å². The fraction of sp³-hybridized carbons (Fsp3) is 0.750. The summed E-state index contributed by atoms with van der Waals surface area (Å²) >= 11 is 0. The van der Waals surface area contributed by atoms with Crippen LogP contribution in [0.3, 0.4) is 0 Å². The molecule has 0 saturated carbocycles. The Kier molecular flexibility index (Phi) is 3.41. The average molecular weight is 207 g/mol. The van der Waals surface area contributed by atoms with Gasteiger partial charge in [0, 0.05) is 18.9 Å². The molecular formula is C12H21N3. The SMILES string of the molecule is CCCn1ccnc1C1NCCCC1C. The van der Waals surface area contributed by atoms with Crippen molar-refractivity contribution in [3.63, 3.8) is 0 Å². The van der Waals surface area contributed by atoms with E-state index in [2.05, 4.69) is 34.9 Å². The quantitative estimate of drug-likeness (QED) is 0.824. The van der Waals surface area contributed by atoms with Crippen LogP contribution in [-0.2, 0) is 6.54 Å². The Morgan fingerprint density at radius 3 is 3.20 bits per heavy atom. The second kappa shape index (κ2) is 4.79. The van der Waals surface area contributed by atoms with Gasteiger partial charge in [0.05, 0.1) is 6.04 Å². The van der Waals surface area contributed by atoms with Crippen LogP contribution in [0.2, 0.25) is 0 Å². The highest BCUT2D eigenvalue weighted by Gasteiger charge is 2.25. The molecular weight excluding hydrogens is 186 g/mol. The van der Waals surface area contributed by atoms with Gasteiger partial charge in [-0.15, -0.1) is 0 Å². The van der Waals surface area contributed by atoms with Crippen molar-refractivity contribution >= 4 is 0 Å². The normalized spacial score (nSPS) is 26.8. The summed E-state index contributed by atoms with van der Waals surface area (Å²) in [5, 5.41) is 3.59. The van der Waals surface area contributed by atoms with E-state index in [1.807, 2.05) is 6.20 Å². The first-order chi connectivity index (χ1) is 7.33. The predicted octanol–water partition coefficient (Wildman–Crippen LogP) is 2.35. The highest BCUT2D eigenvalue weighted by molar-refractivity contribution is 5.02. The molecule has 2 unspecified atom stereocenters. The largest absolute Gasteiger partial charge is 0.334 e. The Morgan fingerprint density at radius 1 is 1.60 bits per heavy atom. The molecule has 0 spiro atoms. The van der Waals surface area contributed by atoms with Crippen LogP contribution in [0.4, 0.5) is 0 Å². The summed E-state index contributed by atoms with van der Waals surface area (Å²) in [5.74, 6) is 1.93. The number of hydrogen-bond donors (Lipinski definition) is 1. The zero-order chi connectivity index (χ0) is 10.7. The molecule has 2 atom stereocenters. The van der Waals surface area contributed by atoms with E-state index in [0.717, 1.165) is 13.1 Å². The fourth-order valence-corrected chi connectivity index (χ4v) is 2.42. The fourth-order valence-electron chi connectivity index (χ4n) is 2.42. The maximum Gasteiger partial charge on any atom is 0.126 e. The molecule has 1 fully saturated rings. The number of aryl methyl sites for hydroxylation is 1. The lowest BCUT2D eigenvalue weighted by Gasteiger charge is -2.30. The second-order valence-corrected chi connectivity index (χ2v) is 4.53. The Bertz CT molecular complexity index is 306. The third-order valence-corrected chi connectivity index (χ3v) is 3.26. The summed E-state index contributed by atoms with van der Waals surface area (Å²) in [6.07, 6.45) is 7.81. The number of rotatable bonds is 3. The first kappa shape index (κ1) is 10.7. The van der Waals surface area contributed by atoms with Gasteiger partial charge in [0.15, 0.2) is 0 Å². The lowest BCUT2D eigenvalue weighted by molar-refractivity contribution is 0.287. The molecule has 1 aliphatic heterocycles. The second-order valence-electron chi connectivity index (χ2n) is 4.53. The van der Waals surface area contributed by atoms with Gasteiger partial charge in [0.2, 0.25) is 0 Å². The van der Waals surface area contributed by atoms with Gasteiger partial charge >= 0.3 is 0 Å². The van der Waals surface area contributed by atoms with Crippen LogP contribution >= 0.6 is 0 Å². The van der Waals surface area contributed by atoms with Crippen molar-refractivity contribution in [2.45, 2.75) is 45.7 Å². The summed E-state index contributed by atoms with van der Waals surface area (Å²) in [5.41, 5.74) is 0. The molecule has 0 bridgehead atoms. The van der Waals surface area contributed by atoms with Gasteiger partial charge in [0.1, 0.15) is 5.82 Å². The van der Waals surface area contributed by atoms with E-state index in [1.165, 1.54) is 25.1 Å². The van der Waals surface area contributed by atoms with Crippen molar-refractivity contribution in [1.29, 1.82) is 0 Å². The zero-order valence-electron chi connectivity index (χ0n) is 9.74. The molecule has 0 radical (unpaired) electrons. The van der Waals surface area contributed by atoms with Crippen molar-refractivity contribution < 1.29 is 0 Å². The molecule has 0 aliphatic carbocycles. The standard InChI is InChI=1S/C12H21N3/c1-3-8-15-9-7-14-12(15)11-10(2)5-4-6-13-11/h7,9-11,13H,3-6,8H2,1-2H3. The monoisotopic (exact) mass is 207 g/mol. The van der Waals surface area contributed by atoms with Crippen molar-refractivity contribution in [2.24, 2.45) is 5.92 Å². The Labute approximate surface area is 91.9 Å². The molecule has 2 rings (SSSR count). The molecule has 0 amide bonds. The van der Waals surface area contributed by atoms with Crippen LogP contribution in [-0.4, -0.2) is 16.1 Å². The van der Waals surface area contributed by atoms with E-state index in [0.29, 0.717) is 12.0 Å². The highest BCUT2D eigenvalue weighted by atomic mass is 15.1. The van der Waals surface area contributed by atoms with Crippen LogP contribution in [0.1, 0.15) is 45.0 Å². The van der Waals surface area contributed by atoms with Crippen LogP contribution in [0.15, 0.2) is 12.4 Å². The minimum Gasteiger partial charge on any atom is -0.334 e. The average Bonchev–Trinajstić information content (AvgIpc) is 2.67. The van der Waals surface area contributed by atoms with Gasteiger partial charge < -0.3 is 9.88 Å². The van der Waals surface area contributed by atoms with E-state index >= 15 is 0 Å². The maximum atomic E-state index is 4.51. The Balaban J connectivity index is 2.15. The van der Waals surface area contributed by atoms with E-state index < -0.39 is 0 Å². The van der Waals surface area contributed by atoms with Crippen molar-refractivity contribution in [3.05, 3.63) is 18.2 Å². The van der Waals surface area contributed by atoms with Crippen LogP contribution in [0, 0.1) is 5.92 Å². The molecule has 84 valence electrons. The number of piperidine rings is 1. The first-order valence-electron chi connectivity index (χ1n) is 6.07. The molecule has 1 aromatic heterocycles. The molecule has 15 heavy (non-hydrogen) atoms. The molecule has 0 aromatic carbocycles. The van der Waals surface area contributed by atoms with Crippen molar-refractivity contribution in [2.75, 3.05) is 6.54 Å². The Hall–Kier alpha value is -0.830. The van der Waals surface area contributed by atoms with E-state index in [1.54, 1.807) is 0 Å². The zero-order valence-corrected chi connectivity index (χ0v) is 9.74. The van der Waals surface area contributed by atoms with Gasteiger partial charge in [-0.3, -0.25) is 0 Å².